The number of fused-ring (bicyclic) bond motifs is 1. The number of rotatable bonds is 5. The Kier molecular flexibility index (Phi) is 6.41. The van der Waals surface area contributed by atoms with Gasteiger partial charge in [0.05, 0.1) is 10.6 Å². The minimum Gasteiger partial charge on any atom is -0.327 e. The summed E-state index contributed by atoms with van der Waals surface area (Å²) in [4.78, 5) is 18.4. The van der Waals surface area contributed by atoms with E-state index in [2.05, 4.69) is 9.88 Å². The molecular formula is C25H30N4O3S. The van der Waals surface area contributed by atoms with E-state index in [4.69, 9.17) is 4.98 Å². The lowest BCUT2D eigenvalue weighted by Crippen LogP contribution is -2.23. The van der Waals surface area contributed by atoms with E-state index in [-0.39, 0.29) is 10.8 Å². The van der Waals surface area contributed by atoms with Crippen molar-refractivity contribution in [3.63, 3.8) is 0 Å². The second kappa shape index (κ2) is 9.11. The number of sulfonamides is 1. The standard InChI is InChI=1S/C25H30N4O3S/c1-17-15-20(33(31,32)28(3)4)16-21(18(17)2)26-25(30)23-22-13-9-6-10-14-29(22)24(27-23)19-11-7-5-8-12-19/h5,7-8,11-12,15-16H,6,9-10,13-14H2,1-4H3,(H,26,30). The van der Waals surface area contributed by atoms with Crippen LogP contribution in [-0.2, 0) is 23.0 Å². The molecule has 1 aliphatic heterocycles. The lowest BCUT2D eigenvalue weighted by Gasteiger charge is -2.16. The van der Waals surface area contributed by atoms with E-state index in [9.17, 15) is 13.2 Å². The van der Waals surface area contributed by atoms with Crippen LogP contribution in [0.4, 0.5) is 5.69 Å². The Morgan fingerprint density at radius 3 is 2.48 bits per heavy atom. The van der Waals surface area contributed by atoms with Gasteiger partial charge in [0.15, 0.2) is 0 Å². The summed E-state index contributed by atoms with van der Waals surface area (Å²) in [5.74, 6) is 0.485. The summed E-state index contributed by atoms with van der Waals surface area (Å²) in [6.45, 7) is 4.55. The van der Waals surface area contributed by atoms with Gasteiger partial charge in [-0.3, -0.25) is 4.79 Å². The van der Waals surface area contributed by atoms with Crippen LogP contribution in [0.1, 0.15) is 46.6 Å². The molecule has 1 N–H and O–H groups in total. The van der Waals surface area contributed by atoms with Crippen molar-refractivity contribution in [1.29, 1.82) is 0 Å². The van der Waals surface area contributed by atoms with Gasteiger partial charge in [0.1, 0.15) is 11.5 Å². The number of carbonyl (C=O) groups is 1. The molecule has 1 aromatic heterocycles. The summed E-state index contributed by atoms with van der Waals surface area (Å²) in [6, 6.07) is 13.1. The van der Waals surface area contributed by atoms with Gasteiger partial charge in [-0.25, -0.2) is 17.7 Å². The molecule has 4 rings (SSSR count). The number of nitrogens with zero attached hydrogens (tertiary/aromatic N) is 3. The summed E-state index contributed by atoms with van der Waals surface area (Å²) < 4.78 is 28.7. The van der Waals surface area contributed by atoms with E-state index in [1.165, 1.54) is 24.5 Å². The highest BCUT2D eigenvalue weighted by atomic mass is 32.2. The molecule has 0 saturated carbocycles. The fourth-order valence-corrected chi connectivity index (χ4v) is 5.22. The normalized spacial score (nSPS) is 14.1. The SMILES string of the molecule is Cc1cc(S(=O)(=O)N(C)C)cc(NC(=O)c2nc(-c3ccccc3)n3c2CCCCC3)c1C. The maximum absolute atomic E-state index is 13.5. The van der Waals surface area contributed by atoms with Crippen molar-refractivity contribution < 1.29 is 13.2 Å². The van der Waals surface area contributed by atoms with Crippen LogP contribution in [0.5, 0.6) is 0 Å². The maximum Gasteiger partial charge on any atom is 0.276 e. The number of benzene rings is 2. The summed E-state index contributed by atoms with van der Waals surface area (Å²) in [5.41, 5.74) is 4.43. The van der Waals surface area contributed by atoms with Gasteiger partial charge >= 0.3 is 0 Å². The molecule has 2 heterocycles. The Balaban J connectivity index is 1.76. The van der Waals surface area contributed by atoms with E-state index in [1.54, 1.807) is 6.07 Å². The van der Waals surface area contributed by atoms with E-state index in [0.29, 0.717) is 11.4 Å². The van der Waals surface area contributed by atoms with Crippen molar-refractivity contribution in [2.45, 2.75) is 51.0 Å². The molecular weight excluding hydrogens is 436 g/mol. The quantitative estimate of drug-likeness (QED) is 0.604. The topological polar surface area (TPSA) is 84.3 Å². The van der Waals surface area contributed by atoms with Gasteiger partial charge in [0.2, 0.25) is 10.0 Å². The lowest BCUT2D eigenvalue weighted by molar-refractivity contribution is 0.102. The van der Waals surface area contributed by atoms with Gasteiger partial charge in [-0.15, -0.1) is 0 Å². The zero-order valence-corrected chi connectivity index (χ0v) is 20.4. The van der Waals surface area contributed by atoms with Crippen molar-refractivity contribution in [2.24, 2.45) is 0 Å². The second-order valence-corrected chi connectivity index (χ2v) is 10.9. The molecule has 0 bridgehead atoms. The van der Waals surface area contributed by atoms with Crippen LogP contribution in [0.2, 0.25) is 0 Å². The Morgan fingerprint density at radius 2 is 1.79 bits per heavy atom. The van der Waals surface area contributed by atoms with Gasteiger partial charge < -0.3 is 9.88 Å². The van der Waals surface area contributed by atoms with Crippen LogP contribution in [0.25, 0.3) is 11.4 Å². The third-order valence-electron chi connectivity index (χ3n) is 6.28. The first kappa shape index (κ1) is 23.2. The minimum absolute atomic E-state index is 0.152. The Hall–Kier alpha value is -2.97. The predicted octanol–water partition coefficient (Wildman–Crippen LogP) is 4.40. The van der Waals surface area contributed by atoms with Gasteiger partial charge in [-0.05, 0) is 56.4 Å². The van der Waals surface area contributed by atoms with Crippen molar-refractivity contribution in [3.05, 3.63) is 65.0 Å². The number of anilines is 1. The van der Waals surface area contributed by atoms with Crippen molar-refractivity contribution in [3.8, 4) is 11.4 Å². The molecule has 2 aromatic carbocycles. The molecule has 1 amide bonds. The number of carbonyl (C=O) groups excluding carboxylic acids is 1. The maximum atomic E-state index is 13.5. The summed E-state index contributed by atoms with van der Waals surface area (Å²) >= 11 is 0. The van der Waals surface area contributed by atoms with Crippen LogP contribution in [-0.4, -0.2) is 42.3 Å². The zero-order valence-electron chi connectivity index (χ0n) is 19.6. The zero-order chi connectivity index (χ0) is 23.8. The molecule has 0 atom stereocenters. The number of amides is 1. The van der Waals surface area contributed by atoms with Crippen LogP contribution in [0.15, 0.2) is 47.4 Å². The first-order valence-corrected chi connectivity index (χ1v) is 12.6. The number of hydrogen-bond donors (Lipinski definition) is 1. The van der Waals surface area contributed by atoms with E-state index in [0.717, 1.165) is 60.4 Å². The first-order valence-electron chi connectivity index (χ1n) is 11.2. The summed E-state index contributed by atoms with van der Waals surface area (Å²) in [5, 5.41) is 2.96. The molecule has 0 fully saturated rings. The fourth-order valence-electron chi connectivity index (χ4n) is 4.21. The van der Waals surface area contributed by atoms with Gasteiger partial charge in [-0.1, -0.05) is 36.8 Å². The highest BCUT2D eigenvalue weighted by molar-refractivity contribution is 7.89. The minimum atomic E-state index is -3.63. The molecule has 174 valence electrons. The highest BCUT2D eigenvalue weighted by Gasteiger charge is 2.26. The number of aromatic nitrogens is 2. The molecule has 0 aliphatic carbocycles. The first-order chi connectivity index (χ1) is 15.7. The van der Waals surface area contributed by atoms with Crippen molar-refractivity contribution in [1.82, 2.24) is 13.9 Å². The smallest absolute Gasteiger partial charge is 0.276 e. The molecule has 0 saturated heterocycles. The fraction of sp³-hybridized carbons (Fsp3) is 0.360. The molecule has 0 radical (unpaired) electrons. The van der Waals surface area contributed by atoms with E-state index in [1.807, 2.05) is 44.2 Å². The van der Waals surface area contributed by atoms with E-state index < -0.39 is 10.0 Å². The Morgan fingerprint density at radius 1 is 1.06 bits per heavy atom. The molecule has 7 nitrogen and oxygen atoms in total. The average molecular weight is 467 g/mol. The van der Waals surface area contributed by atoms with Gasteiger partial charge in [0.25, 0.3) is 5.91 Å². The highest BCUT2D eigenvalue weighted by Crippen LogP contribution is 2.29. The molecule has 0 unspecified atom stereocenters. The lowest BCUT2D eigenvalue weighted by atomic mass is 10.1. The Bertz CT molecular complexity index is 1290. The van der Waals surface area contributed by atoms with E-state index >= 15 is 0 Å². The second-order valence-electron chi connectivity index (χ2n) is 8.71. The molecule has 0 spiro atoms. The third kappa shape index (κ3) is 4.45. The van der Waals surface area contributed by atoms with Crippen molar-refractivity contribution in [2.75, 3.05) is 19.4 Å². The van der Waals surface area contributed by atoms with Crippen molar-refractivity contribution >= 4 is 21.6 Å². The number of aryl methyl sites for hydroxylation is 1. The van der Waals surface area contributed by atoms with Gasteiger partial charge in [0, 0.05) is 31.9 Å². The number of hydrogen-bond acceptors (Lipinski definition) is 4. The molecule has 3 aromatic rings. The molecule has 1 aliphatic rings. The average Bonchev–Trinajstić information content (AvgIpc) is 2.98. The monoisotopic (exact) mass is 466 g/mol. The largest absolute Gasteiger partial charge is 0.327 e. The van der Waals surface area contributed by atoms with Crippen LogP contribution in [0, 0.1) is 13.8 Å². The van der Waals surface area contributed by atoms with Crippen LogP contribution in [0.3, 0.4) is 0 Å². The molecule has 33 heavy (non-hydrogen) atoms. The number of imidazole rings is 1. The Labute approximate surface area is 195 Å². The summed E-state index contributed by atoms with van der Waals surface area (Å²) in [6.07, 6.45) is 3.96. The van der Waals surface area contributed by atoms with Gasteiger partial charge in [-0.2, -0.15) is 0 Å². The van der Waals surface area contributed by atoms with Crippen LogP contribution >= 0.6 is 0 Å². The number of nitrogens with one attached hydrogen (secondary N) is 1. The predicted molar refractivity (Wildman–Crippen MR) is 130 cm³/mol. The third-order valence-corrected chi connectivity index (χ3v) is 8.08. The summed E-state index contributed by atoms with van der Waals surface area (Å²) in [7, 11) is -0.639. The molecule has 8 heteroatoms. The van der Waals surface area contributed by atoms with Crippen LogP contribution < -0.4 is 5.32 Å².